The third kappa shape index (κ3) is 2.58. The number of amides is 2. The summed E-state index contributed by atoms with van der Waals surface area (Å²) in [4.78, 5) is 16.5. The van der Waals surface area contributed by atoms with Crippen LogP contribution < -0.4 is 11.1 Å². The zero-order valence-electron chi connectivity index (χ0n) is 11.9. The predicted octanol–water partition coefficient (Wildman–Crippen LogP) is 1.21. The number of nitrogen functional groups attached to an aromatic ring is 1. The van der Waals surface area contributed by atoms with Crippen LogP contribution in [0.2, 0.25) is 0 Å². The van der Waals surface area contributed by atoms with Gasteiger partial charge in [-0.3, -0.25) is 0 Å². The van der Waals surface area contributed by atoms with Crippen LogP contribution in [0.5, 0.6) is 0 Å². The summed E-state index contributed by atoms with van der Waals surface area (Å²) in [6.07, 6.45) is 1.99. The molecule has 0 atom stereocenters. The van der Waals surface area contributed by atoms with Crippen molar-refractivity contribution >= 4 is 11.7 Å². The van der Waals surface area contributed by atoms with Crippen molar-refractivity contribution < 1.29 is 4.79 Å². The van der Waals surface area contributed by atoms with Crippen molar-refractivity contribution in [2.75, 3.05) is 39.0 Å². The van der Waals surface area contributed by atoms with E-state index in [1.165, 1.54) is 0 Å². The van der Waals surface area contributed by atoms with Gasteiger partial charge in [-0.05, 0) is 37.6 Å². The molecule has 1 aliphatic heterocycles. The Morgan fingerprint density at radius 2 is 1.95 bits per heavy atom. The molecule has 1 aliphatic carbocycles. The number of anilines is 1. The van der Waals surface area contributed by atoms with E-state index in [0.29, 0.717) is 0 Å². The quantitative estimate of drug-likeness (QED) is 0.797. The second-order valence-electron chi connectivity index (χ2n) is 5.93. The molecular formula is C15H22N4O. The van der Waals surface area contributed by atoms with Crippen molar-refractivity contribution in [1.82, 2.24) is 15.1 Å². The van der Waals surface area contributed by atoms with Gasteiger partial charge in [0, 0.05) is 31.9 Å². The molecule has 1 saturated carbocycles. The van der Waals surface area contributed by atoms with Crippen LogP contribution in [-0.2, 0) is 5.54 Å². The standard InChI is InChI=1S/C15H22N4O/c1-18-7-9-19(10-8-18)14(20)17-15(5-6-15)12-3-2-4-13(16)11-12/h2-4,11H,5-10,16H2,1H3,(H,17,20). The number of nitrogens with one attached hydrogen (secondary N) is 1. The summed E-state index contributed by atoms with van der Waals surface area (Å²) in [7, 11) is 2.09. The molecule has 2 aliphatic rings. The molecule has 0 aromatic heterocycles. The lowest BCUT2D eigenvalue weighted by Crippen LogP contribution is -2.52. The molecule has 0 unspecified atom stereocenters. The molecule has 3 N–H and O–H groups in total. The molecule has 5 heteroatoms. The van der Waals surface area contributed by atoms with Crippen molar-refractivity contribution in [1.29, 1.82) is 0 Å². The SMILES string of the molecule is CN1CCN(C(=O)NC2(c3cccc(N)c3)CC2)CC1. The highest BCUT2D eigenvalue weighted by atomic mass is 16.2. The van der Waals surface area contributed by atoms with Gasteiger partial charge in [0.15, 0.2) is 0 Å². The molecule has 3 rings (SSSR count). The zero-order chi connectivity index (χ0) is 14.2. The number of nitrogens with zero attached hydrogens (tertiary/aromatic N) is 2. The van der Waals surface area contributed by atoms with E-state index >= 15 is 0 Å². The Morgan fingerprint density at radius 1 is 1.25 bits per heavy atom. The van der Waals surface area contributed by atoms with E-state index in [9.17, 15) is 4.79 Å². The van der Waals surface area contributed by atoms with Crippen LogP contribution in [0.25, 0.3) is 0 Å². The van der Waals surface area contributed by atoms with E-state index in [1.54, 1.807) is 0 Å². The molecule has 1 aromatic rings. The Morgan fingerprint density at radius 3 is 2.55 bits per heavy atom. The van der Waals surface area contributed by atoms with Crippen molar-refractivity contribution in [3.05, 3.63) is 29.8 Å². The number of likely N-dealkylation sites (N-methyl/N-ethyl adjacent to an activating group) is 1. The van der Waals surface area contributed by atoms with Crippen LogP contribution in [0.4, 0.5) is 10.5 Å². The van der Waals surface area contributed by atoms with E-state index in [4.69, 9.17) is 5.73 Å². The topological polar surface area (TPSA) is 61.6 Å². The van der Waals surface area contributed by atoms with E-state index in [-0.39, 0.29) is 11.6 Å². The molecule has 0 radical (unpaired) electrons. The Labute approximate surface area is 119 Å². The summed E-state index contributed by atoms with van der Waals surface area (Å²) >= 11 is 0. The van der Waals surface area contributed by atoms with Crippen LogP contribution >= 0.6 is 0 Å². The first kappa shape index (κ1) is 13.2. The van der Waals surface area contributed by atoms with Gasteiger partial charge in [0.2, 0.25) is 0 Å². The average Bonchev–Trinajstić information content (AvgIpc) is 3.20. The van der Waals surface area contributed by atoms with Gasteiger partial charge in [0.1, 0.15) is 0 Å². The maximum Gasteiger partial charge on any atom is 0.318 e. The first-order valence-electron chi connectivity index (χ1n) is 7.21. The number of urea groups is 1. The molecule has 5 nitrogen and oxygen atoms in total. The zero-order valence-corrected chi connectivity index (χ0v) is 11.9. The lowest BCUT2D eigenvalue weighted by atomic mass is 10.0. The Balaban J connectivity index is 1.66. The Kier molecular flexibility index (Phi) is 3.30. The van der Waals surface area contributed by atoms with Gasteiger partial charge < -0.3 is 20.9 Å². The fraction of sp³-hybridized carbons (Fsp3) is 0.533. The van der Waals surface area contributed by atoms with Crippen LogP contribution in [0, 0.1) is 0 Å². The fourth-order valence-corrected chi connectivity index (χ4v) is 2.74. The van der Waals surface area contributed by atoms with Crippen molar-refractivity contribution in [3.8, 4) is 0 Å². The first-order valence-corrected chi connectivity index (χ1v) is 7.21. The minimum atomic E-state index is -0.185. The number of carbonyl (C=O) groups excluding carboxylic acids is 1. The lowest BCUT2D eigenvalue weighted by Gasteiger charge is -2.33. The van der Waals surface area contributed by atoms with Crippen LogP contribution in [0.15, 0.2) is 24.3 Å². The number of benzene rings is 1. The van der Waals surface area contributed by atoms with Gasteiger partial charge in [-0.1, -0.05) is 12.1 Å². The molecule has 2 amide bonds. The summed E-state index contributed by atoms with van der Waals surface area (Å²) in [6, 6.07) is 7.90. The fourth-order valence-electron chi connectivity index (χ4n) is 2.74. The summed E-state index contributed by atoms with van der Waals surface area (Å²) in [5.74, 6) is 0. The van der Waals surface area contributed by atoms with Crippen LogP contribution in [0.3, 0.4) is 0 Å². The molecule has 20 heavy (non-hydrogen) atoms. The molecular weight excluding hydrogens is 252 g/mol. The number of hydrogen-bond acceptors (Lipinski definition) is 3. The third-order valence-corrected chi connectivity index (χ3v) is 4.33. The number of piperazine rings is 1. The number of rotatable bonds is 2. The number of hydrogen-bond donors (Lipinski definition) is 2. The molecule has 1 aromatic carbocycles. The van der Waals surface area contributed by atoms with E-state index in [2.05, 4.69) is 17.3 Å². The highest BCUT2D eigenvalue weighted by molar-refractivity contribution is 5.76. The van der Waals surface area contributed by atoms with Gasteiger partial charge in [0.05, 0.1) is 5.54 Å². The number of nitrogens with two attached hydrogens (primary N) is 1. The average molecular weight is 274 g/mol. The van der Waals surface area contributed by atoms with Crippen molar-refractivity contribution in [3.63, 3.8) is 0 Å². The van der Waals surface area contributed by atoms with Crippen LogP contribution in [0.1, 0.15) is 18.4 Å². The minimum absolute atomic E-state index is 0.0537. The summed E-state index contributed by atoms with van der Waals surface area (Å²) < 4.78 is 0. The summed E-state index contributed by atoms with van der Waals surface area (Å²) in [5, 5.41) is 3.21. The molecule has 1 saturated heterocycles. The van der Waals surface area contributed by atoms with Gasteiger partial charge in [0.25, 0.3) is 0 Å². The summed E-state index contributed by atoms with van der Waals surface area (Å²) in [6.45, 7) is 3.49. The van der Waals surface area contributed by atoms with Gasteiger partial charge in [-0.15, -0.1) is 0 Å². The Bertz CT molecular complexity index is 504. The summed E-state index contributed by atoms with van der Waals surface area (Å²) in [5.41, 5.74) is 7.54. The molecule has 108 valence electrons. The van der Waals surface area contributed by atoms with Gasteiger partial charge in [-0.25, -0.2) is 4.79 Å². The molecule has 0 spiro atoms. The monoisotopic (exact) mass is 274 g/mol. The van der Waals surface area contributed by atoms with Crippen LogP contribution in [-0.4, -0.2) is 49.1 Å². The van der Waals surface area contributed by atoms with E-state index < -0.39 is 0 Å². The minimum Gasteiger partial charge on any atom is -0.399 e. The third-order valence-electron chi connectivity index (χ3n) is 4.33. The van der Waals surface area contributed by atoms with Crippen molar-refractivity contribution in [2.45, 2.75) is 18.4 Å². The van der Waals surface area contributed by atoms with Gasteiger partial charge in [-0.2, -0.15) is 0 Å². The first-order chi connectivity index (χ1) is 9.59. The normalized spacial score (nSPS) is 21.6. The highest BCUT2D eigenvalue weighted by Gasteiger charge is 2.46. The predicted molar refractivity (Wildman–Crippen MR) is 79.4 cm³/mol. The lowest BCUT2D eigenvalue weighted by molar-refractivity contribution is 0.150. The smallest absolute Gasteiger partial charge is 0.318 e. The maximum atomic E-state index is 12.4. The number of carbonyl (C=O) groups is 1. The van der Waals surface area contributed by atoms with Crippen molar-refractivity contribution in [2.24, 2.45) is 0 Å². The Hall–Kier alpha value is -1.75. The maximum absolute atomic E-state index is 12.4. The largest absolute Gasteiger partial charge is 0.399 e. The van der Waals surface area contributed by atoms with E-state index in [1.807, 2.05) is 29.2 Å². The molecule has 2 fully saturated rings. The second kappa shape index (κ2) is 4.98. The van der Waals surface area contributed by atoms with Gasteiger partial charge >= 0.3 is 6.03 Å². The van der Waals surface area contributed by atoms with E-state index in [0.717, 1.165) is 50.3 Å². The second-order valence-corrected chi connectivity index (χ2v) is 5.93. The highest BCUT2D eigenvalue weighted by Crippen LogP contribution is 2.46. The molecule has 1 heterocycles. The molecule has 0 bridgehead atoms.